The van der Waals surface area contributed by atoms with E-state index >= 15 is 0 Å². The molecule has 5 heteroatoms. The summed E-state index contributed by atoms with van der Waals surface area (Å²) < 4.78 is 5.50. The predicted octanol–water partition coefficient (Wildman–Crippen LogP) is 2.58. The first kappa shape index (κ1) is 17.1. The third-order valence-electron chi connectivity index (χ3n) is 5.23. The van der Waals surface area contributed by atoms with Gasteiger partial charge in [0, 0.05) is 13.1 Å². The number of hydrogen-bond acceptors (Lipinski definition) is 4. The average Bonchev–Trinajstić information content (AvgIpc) is 2.53. The molecule has 0 aromatic heterocycles. The Kier molecular flexibility index (Phi) is 6.07. The second-order valence-electron chi connectivity index (χ2n) is 7.20. The molecule has 0 radical (unpaired) electrons. The van der Waals surface area contributed by atoms with Gasteiger partial charge in [0.25, 0.3) is 0 Å². The number of nitriles is 1. The summed E-state index contributed by atoms with van der Waals surface area (Å²) in [6.07, 6.45) is 2.86. The molecule has 1 amide bonds. The van der Waals surface area contributed by atoms with Crippen LogP contribution in [0.25, 0.3) is 0 Å². The van der Waals surface area contributed by atoms with Crippen molar-refractivity contribution in [1.29, 1.82) is 5.26 Å². The first-order valence-corrected chi connectivity index (χ1v) is 8.51. The number of hydrogen-bond donors (Lipinski definition) is 0. The number of amides is 1. The van der Waals surface area contributed by atoms with Crippen molar-refractivity contribution < 1.29 is 9.53 Å². The number of carbonyl (C=O) groups excluding carboxylic acids is 1. The summed E-state index contributed by atoms with van der Waals surface area (Å²) >= 11 is 0. The highest BCUT2D eigenvalue weighted by atomic mass is 16.6. The predicted molar refractivity (Wildman–Crippen MR) is 85.2 cm³/mol. The molecule has 2 atom stereocenters. The lowest BCUT2D eigenvalue weighted by Gasteiger charge is -2.37. The molecule has 0 aliphatic carbocycles. The molecule has 2 unspecified atom stereocenters. The van der Waals surface area contributed by atoms with E-state index in [0.717, 1.165) is 32.4 Å². The molecule has 2 saturated heterocycles. The normalized spacial score (nSPS) is 27.7. The molecule has 2 aliphatic heterocycles. The monoisotopic (exact) mass is 307 g/mol. The summed E-state index contributed by atoms with van der Waals surface area (Å²) in [5.74, 6) is 1.30. The van der Waals surface area contributed by atoms with Gasteiger partial charge in [0.1, 0.15) is 0 Å². The SMILES string of the molecule is CC(C)C1CCN(C(=O)OCC2CCN(C)CC2)CC1C#N. The van der Waals surface area contributed by atoms with Crippen LogP contribution in [-0.2, 0) is 4.74 Å². The smallest absolute Gasteiger partial charge is 0.409 e. The fourth-order valence-corrected chi connectivity index (χ4v) is 3.58. The third-order valence-corrected chi connectivity index (χ3v) is 5.23. The lowest BCUT2D eigenvalue weighted by atomic mass is 9.79. The molecule has 0 spiro atoms. The Labute approximate surface area is 134 Å². The summed E-state index contributed by atoms with van der Waals surface area (Å²) in [4.78, 5) is 16.3. The second kappa shape index (κ2) is 7.82. The van der Waals surface area contributed by atoms with Crippen LogP contribution in [0.4, 0.5) is 4.79 Å². The Morgan fingerprint density at radius 1 is 1.27 bits per heavy atom. The van der Waals surface area contributed by atoms with Crippen molar-refractivity contribution >= 4 is 6.09 Å². The van der Waals surface area contributed by atoms with E-state index in [1.165, 1.54) is 0 Å². The third kappa shape index (κ3) is 4.36. The Morgan fingerprint density at radius 3 is 2.55 bits per heavy atom. The summed E-state index contributed by atoms with van der Waals surface area (Å²) in [6.45, 7) is 8.23. The second-order valence-corrected chi connectivity index (χ2v) is 7.20. The van der Waals surface area contributed by atoms with Crippen LogP contribution in [0.2, 0.25) is 0 Å². The molecule has 2 rings (SSSR count). The van der Waals surface area contributed by atoms with E-state index in [1.54, 1.807) is 4.90 Å². The highest BCUT2D eigenvalue weighted by molar-refractivity contribution is 5.67. The zero-order valence-electron chi connectivity index (χ0n) is 14.1. The number of carbonyl (C=O) groups is 1. The van der Waals surface area contributed by atoms with Crippen molar-refractivity contribution in [3.05, 3.63) is 0 Å². The molecule has 124 valence electrons. The first-order chi connectivity index (χ1) is 10.5. The van der Waals surface area contributed by atoms with Gasteiger partial charge in [0.05, 0.1) is 18.6 Å². The first-order valence-electron chi connectivity index (χ1n) is 8.51. The Hall–Kier alpha value is -1.28. The van der Waals surface area contributed by atoms with E-state index in [0.29, 0.717) is 37.5 Å². The number of ether oxygens (including phenoxy) is 1. The van der Waals surface area contributed by atoms with Crippen molar-refractivity contribution in [2.45, 2.75) is 33.1 Å². The van der Waals surface area contributed by atoms with Crippen molar-refractivity contribution in [2.75, 3.05) is 39.8 Å². The maximum atomic E-state index is 12.2. The summed E-state index contributed by atoms with van der Waals surface area (Å²) in [7, 11) is 2.13. The molecular formula is C17H29N3O2. The molecule has 0 bridgehead atoms. The molecule has 2 heterocycles. The molecule has 2 fully saturated rings. The van der Waals surface area contributed by atoms with E-state index in [4.69, 9.17) is 4.74 Å². The summed E-state index contributed by atoms with van der Waals surface area (Å²) in [5, 5.41) is 9.34. The molecule has 0 N–H and O–H groups in total. The topological polar surface area (TPSA) is 56.6 Å². The van der Waals surface area contributed by atoms with Gasteiger partial charge in [0.15, 0.2) is 0 Å². The van der Waals surface area contributed by atoms with Crippen molar-refractivity contribution in [1.82, 2.24) is 9.80 Å². The number of likely N-dealkylation sites (tertiary alicyclic amines) is 2. The minimum atomic E-state index is -0.235. The highest BCUT2D eigenvalue weighted by Gasteiger charge is 2.34. The fourth-order valence-electron chi connectivity index (χ4n) is 3.58. The van der Waals surface area contributed by atoms with Gasteiger partial charge in [-0.2, -0.15) is 5.26 Å². The van der Waals surface area contributed by atoms with Crippen LogP contribution in [0.1, 0.15) is 33.1 Å². The Bertz CT molecular complexity index is 411. The molecular weight excluding hydrogens is 278 g/mol. The van der Waals surface area contributed by atoms with Crippen LogP contribution in [-0.4, -0.2) is 55.7 Å². The van der Waals surface area contributed by atoms with Gasteiger partial charge in [-0.05, 0) is 57.2 Å². The van der Waals surface area contributed by atoms with E-state index in [9.17, 15) is 10.1 Å². The van der Waals surface area contributed by atoms with Gasteiger partial charge >= 0.3 is 6.09 Å². The maximum Gasteiger partial charge on any atom is 0.409 e. The molecule has 5 nitrogen and oxygen atoms in total. The van der Waals surface area contributed by atoms with Crippen molar-refractivity contribution in [3.8, 4) is 6.07 Å². The van der Waals surface area contributed by atoms with Gasteiger partial charge in [0.2, 0.25) is 0 Å². The van der Waals surface area contributed by atoms with Gasteiger partial charge in [-0.25, -0.2) is 4.79 Å². The summed E-state index contributed by atoms with van der Waals surface area (Å²) in [5.41, 5.74) is 0. The Balaban J connectivity index is 1.77. The van der Waals surface area contributed by atoms with Crippen molar-refractivity contribution in [2.24, 2.45) is 23.7 Å². The van der Waals surface area contributed by atoms with E-state index in [1.807, 2.05) is 0 Å². The number of piperidine rings is 2. The van der Waals surface area contributed by atoms with Crippen LogP contribution >= 0.6 is 0 Å². The van der Waals surface area contributed by atoms with E-state index in [-0.39, 0.29) is 12.0 Å². The van der Waals surface area contributed by atoms with Crippen LogP contribution in [0.15, 0.2) is 0 Å². The lowest BCUT2D eigenvalue weighted by Crippen LogP contribution is -2.45. The van der Waals surface area contributed by atoms with Crippen LogP contribution in [0, 0.1) is 35.0 Å². The number of nitrogens with zero attached hydrogens (tertiary/aromatic N) is 3. The molecule has 0 saturated carbocycles. The molecule has 0 aromatic rings. The highest BCUT2D eigenvalue weighted by Crippen LogP contribution is 2.30. The lowest BCUT2D eigenvalue weighted by molar-refractivity contribution is 0.0519. The molecule has 0 aromatic carbocycles. The van der Waals surface area contributed by atoms with Crippen molar-refractivity contribution in [3.63, 3.8) is 0 Å². The quantitative estimate of drug-likeness (QED) is 0.804. The summed E-state index contributed by atoms with van der Waals surface area (Å²) in [6, 6.07) is 2.38. The minimum Gasteiger partial charge on any atom is -0.449 e. The van der Waals surface area contributed by atoms with Crippen LogP contribution < -0.4 is 0 Å². The Morgan fingerprint density at radius 2 is 1.95 bits per heavy atom. The largest absolute Gasteiger partial charge is 0.449 e. The zero-order chi connectivity index (χ0) is 16.1. The molecule has 22 heavy (non-hydrogen) atoms. The minimum absolute atomic E-state index is 0.0652. The maximum absolute atomic E-state index is 12.2. The van der Waals surface area contributed by atoms with E-state index in [2.05, 4.69) is 31.9 Å². The average molecular weight is 307 g/mol. The van der Waals surface area contributed by atoms with Crippen LogP contribution in [0.3, 0.4) is 0 Å². The van der Waals surface area contributed by atoms with Gasteiger partial charge < -0.3 is 14.5 Å². The van der Waals surface area contributed by atoms with Crippen LogP contribution in [0.5, 0.6) is 0 Å². The number of rotatable bonds is 3. The van der Waals surface area contributed by atoms with Gasteiger partial charge in [-0.1, -0.05) is 13.8 Å². The van der Waals surface area contributed by atoms with E-state index < -0.39 is 0 Å². The standard InChI is InChI=1S/C17H29N3O2/c1-13(2)16-6-9-20(11-15(16)10-18)17(21)22-12-14-4-7-19(3)8-5-14/h13-16H,4-9,11-12H2,1-3H3. The zero-order valence-corrected chi connectivity index (χ0v) is 14.1. The van der Waals surface area contributed by atoms with Gasteiger partial charge in [-0.3, -0.25) is 0 Å². The fraction of sp³-hybridized carbons (Fsp3) is 0.882. The molecule has 2 aliphatic rings. The van der Waals surface area contributed by atoms with Gasteiger partial charge in [-0.15, -0.1) is 0 Å².